The summed E-state index contributed by atoms with van der Waals surface area (Å²) in [6, 6.07) is 13.3. The van der Waals surface area contributed by atoms with Crippen molar-refractivity contribution < 1.29 is 4.79 Å². The minimum atomic E-state index is 0.173. The lowest BCUT2D eigenvalue weighted by atomic mass is 10.2. The van der Waals surface area contributed by atoms with Crippen molar-refractivity contribution >= 4 is 23.0 Å². The van der Waals surface area contributed by atoms with Crippen LogP contribution in [0.1, 0.15) is 16.3 Å². The van der Waals surface area contributed by atoms with E-state index in [1.807, 2.05) is 42.5 Å². The van der Waals surface area contributed by atoms with Gasteiger partial charge in [-0.1, -0.05) is 18.2 Å². The molecule has 2 heterocycles. The molecule has 98 valence electrons. The first-order valence-corrected chi connectivity index (χ1v) is 6.22. The molecular weight excluding hydrogens is 252 g/mol. The van der Waals surface area contributed by atoms with E-state index in [0.29, 0.717) is 18.6 Å². The third-order valence-electron chi connectivity index (χ3n) is 2.89. The molecule has 20 heavy (non-hydrogen) atoms. The van der Waals surface area contributed by atoms with Crippen LogP contribution in [0.3, 0.4) is 0 Å². The zero-order chi connectivity index (χ0) is 13.8. The summed E-state index contributed by atoms with van der Waals surface area (Å²) in [5.74, 6) is 0.815. The fourth-order valence-corrected chi connectivity index (χ4v) is 1.96. The van der Waals surface area contributed by atoms with Crippen molar-refractivity contribution in [3.05, 3.63) is 60.2 Å². The van der Waals surface area contributed by atoms with Gasteiger partial charge in [0.2, 0.25) is 0 Å². The van der Waals surface area contributed by atoms with Gasteiger partial charge in [-0.3, -0.25) is 9.78 Å². The SMILES string of the molecule is O=Cc1nc(NCc2ccccn2)c2ccccc2n1. The number of nitrogens with one attached hydrogen (secondary N) is 1. The molecule has 5 nitrogen and oxygen atoms in total. The molecule has 0 saturated heterocycles. The van der Waals surface area contributed by atoms with Crippen LogP contribution >= 0.6 is 0 Å². The summed E-state index contributed by atoms with van der Waals surface area (Å²) in [5, 5.41) is 4.09. The van der Waals surface area contributed by atoms with Crippen molar-refractivity contribution in [3.8, 4) is 0 Å². The van der Waals surface area contributed by atoms with Crippen LogP contribution in [0.15, 0.2) is 48.7 Å². The van der Waals surface area contributed by atoms with Gasteiger partial charge in [-0.05, 0) is 24.3 Å². The molecule has 2 aromatic heterocycles. The van der Waals surface area contributed by atoms with E-state index < -0.39 is 0 Å². The average molecular weight is 264 g/mol. The van der Waals surface area contributed by atoms with Crippen LogP contribution in [0.2, 0.25) is 0 Å². The molecule has 0 radical (unpaired) electrons. The van der Waals surface area contributed by atoms with E-state index in [0.717, 1.165) is 16.6 Å². The lowest BCUT2D eigenvalue weighted by Gasteiger charge is -2.08. The normalized spacial score (nSPS) is 10.4. The summed E-state index contributed by atoms with van der Waals surface area (Å²) in [5.41, 5.74) is 1.65. The fourth-order valence-electron chi connectivity index (χ4n) is 1.96. The van der Waals surface area contributed by atoms with Crippen LogP contribution in [-0.2, 0) is 6.54 Å². The molecule has 0 unspecified atom stereocenters. The Labute approximate surface area is 115 Å². The van der Waals surface area contributed by atoms with Gasteiger partial charge in [0, 0.05) is 11.6 Å². The number of carbonyl (C=O) groups excluding carboxylic acids is 1. The second-order valence-corrected chi connectivity index (χ2v) is 4.24. The van der Waals surface area contributed by atoms with Crippen LogP contribution < -0.4 is 5.32 Å². The number of hydrogen-bond donors (Lipinski definition) is 1. The number of benzene rings is 1. The number of pyridine rings is 1. The first-order valence-electron chi connectivity index (χ1n) is 6.22. The predicted octanol–water partition coefficient (Wildman–Crippen LogP) is 2.45. The van der Waals surface area contributed by atoms with Crippen LogP contribution in [0.4, 0.5) is 5.82 Å². The maximum absolute atomic E-state index is 10.9. The van der Waals surface area contributed by atoms with E-state index in [4.69, 9.17) is 0 Å². The average Bonchev–Trinajstić information content (AvgIpc) is 2.53. The standard InChI is InChI=1S/C15H12N4O/c20-10-14-18-13-7-2-1-6-12(13)15(19-14)17-9-11-5-3-4-8-16-11/h1-8,10H,9H2,(H,17,18,19). The Morgan fingerprint density at radius 2 is 1.90 bits per heavy atom. The Morgan fingerprint density at radius 1 is 1.05 bits per heavy atom. The number of para-hydroxylation sites is 1. The van der Waals surface area contributed by atoms with Crippen LogP contribution in [0.5, 0.6) is 0 Å². The number of carbonyl (C=O) groups is 1. The second-order valence-electron chi connectivity index (χ2n) is 4.24. The maximum Gasteiger partial charge on any atom is 0.195 e. The number of anilines is 1. The Balaban J connectivity index is 1.95. The molecule has 1 N–H and O–H groups in total. The van der Waals surface area contributed by atoms with Gasteiger partial charge in [-0.2, -0.15) is 0 Å². The number of hydrogen-bond acceptors (Lipinski definition) is 5. The molecule has 0 bridgehead atoms. The van der Waals surface area contributed by atoms with Gasteiger partial charge >= 0.3 is 0 Å². The van der Waals surface area contributed by atoms with E-state index >= 15 is 0 Å². The monoisotopic (exact) mass is 264 g/mol. The molecule has 0 spiro atoms. The smallest absolute Gasteiger partial charge is 0.195 e. The van der Waals surface area contributed by atoms with Gasteiger partial charge in [-0.25, -0.2) is 9.97 Å². The Hall–Kier alpha value is -2.82. The molecule has 0 saturated carbocycles. The molecule has 0 aliphatic heterocycles. The molecule has 0 aliphatic rings. The van der Waals surface area contributed by atoms with E-state index in [2.05, 4.69) is 20.3 Å². The number of rotatable bonds is 4. The van der Waals surface area contributed by atoms with Crippen molar-refractivity contribution in [2.75, 3.05) is 5.32 Å². The second kappa shape index (κ2) is 5.44. The van der Waals surface area contributed by atoms with Crippen molar-refractivity contribution in [2.24, 2.45) is 0 Å². The summed E-state index contributed by atoms with van der Waals surface area (Å²) in [7, 11) is 0. The van der Waals surface area contributed by atoms with Crippen molar-refractivity contribution in [2.45, 2.75) is 6.54 Å². The minimum absolute atomic E-state index is 0.173. The number of nitrogens with zero attached hydrogens (tertiary/aromatic N) is 3. The van der Waals surface area contributed by atoms with E-state index in [1.54, 1.807) is 6.20 Å². The predicted molar refractivity (Wildman–Crippen MR) is 76.5 cm³/mol. The molecule has 0 aliphatic carbocycles. The van der Waals surface area contributed by atoms with Crippen LogP contribution in [0.25, 0.3) is 10.9 Å². The molecule has 5 heteroatoms. The van der Waals surface area contributed by atoms with Gasteiger partial charge in [0.1, 0.15) is 5.82 Å². The highest BCUT2D eigenvalue weighted by Gasteiger charge is 2.06. The number of fused-ring (bicyclic) bond motifs is 1. The van der Waals surface area contributed by atoms with E-state index in [1.165, 1.54) is 0 Å². The Kier molecular flexibility index (Phi) is 3.33. The molecule has 0 fully saturated rings. The van der Waals surface area contributed by atoms with Gasteiger partial charge < -0.3 is 5.32 Å². The maximum atomic E-state index is 10.9. The Morgan fingerprint density at radius 3 is 2.70 bits per heavy atom. The minimum Gasteiger partial charge on any atom is -0.364 e. The lowest BCUT2D eigenvalue weighted by molar-refractivity contribution is 0.111. The van der Waals surface area contributed by atoms with Gasteiger partial charge in [0.05, 0.1) is 17.8 Å². The molecule has 0 amide bonds. The summed E-state index contributed by atoms with van der Waals surface area (Å²) >= 11 is 0. The highest BCUT2D eigenvalue weighted by molar-refractivity contribution is 5.91. The zero-order valence-corrected chi connectivity index (χ0v) is 10.7. The summed E-state index contributed by atoms with van der Waals surface area (Å²) < 4.78 is 0. The van der Waals surface area contributed by atoms with Crippen LogP contribution in [-0.4, -0.2) is 21.2 Å². The van der Waals surface area contributed by atoms with Gasteiger partial charge in [0.15, 0.2) is 12.1 Å². The van der Waals surface area contributed by atoms with E-state index in [-0.39, 0.29) is 5.82 Å². The van der Waals surface area contributed by atoms with Gasteiger partial charge in [-0.15, -0.1) is 0 Å². The number of aromatic nitrogens is 3. The third kappa shape index (κ3) is 2.47. The quantitative estimate of drug-likeness (QED) is 0.733. The first kappa shape index (κ1) is 12.2. The fraction of sp³-hybridized carbons (Fsp3) is 0.0667. The summed E-state index contributed by atoms with van der Waals surface area (Å²) in [6.45, 7) is 0.542. The largest absolute Gasteiger partial charge is 0.364 e. The number of aldehydes is 1. The van der Waals surface area contributed by atoms with E-state index in [9.17, 15) is 4.79 Å². The molecule has 3 aromatic rings. The molecule has 3 rings (SSSR count). The zero-order valence-electron chi connectivity index (χ0n) is 10.7. The third-order valence-corrected chi connectivity index (χ3v) is 2.89. The van der Waals surface area contributed by atoms with Gasteiger partial charge in [0.25, 0.3) is 0 Å². The molecule has 0 atom stereocenters. The highest BCUT2D eigenvalue weighted by atomic mass is 16.1. The summed E-state index contributed by atoms with van der Waals surface area (Å²) in [6.07, 6.45) is 2.39. The lowest BCUT2D eigenvalue weighted by Crippen LogP contribution is -2.06. The first-order chi connectivity index (χ1) is 9.86. The van der Waals surface area contributed by atoms with Crippen molar-refractivity contribution in [1.82, 2.24) is 15.0 Å². The Bertz CT molecular complexity index is 743. The van der Waals surface area contributed by atoms with Crippen molar-refractivity contribution in [1.29, 1.82) is 0 Å². The molecular formula is C15H12N4O. The molecule has 1 aromatic carbocycles. The van der Waals surface area contributed by atoms with Crippen molar-refractivity contribution in [3.63, 3.8) is 0 Å². The highest BCUT2D eigenvalue weighted by Crippen LogP contribution is 2.20. The summed E-state index contributed by atoms with van der Waals surface area (Å²) in [4.78, 5) is 23.5. The van der Waals surface area contributed by atoms with Crippen LogP contribution in [0, 0.1) is 0 Å². The topological polar surface area (TPSA) is 67.8 Å².